The Hall–Kier alpha value is -0.980. The smallest absolute Gasteiger partial charge is 0.0656 e. The average molecular weight is 120 g/mol. The second-order valence-corrected chi connectivity index (χ2v) is 2.01. The van der Waals surface area contributed by atoms with Crippen LogP contribution in [0.15, 0.2) is 35.7 Å². The molecule has 0 aromatic carbocycles. The van der Waals surface area contributed by atoms with Gasteiger partial charge in [-0.2, -0.15) is 0 Å². The van der Waals surface area contributed by atoms with Crippen LogP contribution in [0.4, 0.5) is 0 Å². The SMILES string of the molecule is CC=CC1=C(C)C=C[N]1. The fourth-order valence-electron chi connectivity index (χ4n) is 0.749. The lowest BCUT2D eigenvalue weighted by Crippen LogP contribution is -1.87. The molecule has 0 aromatic rings. The maximum absolute atomic E-state index is 4.12. The molecule has 0 saturated carbocycles. The first-order valence-electron chi connectivity index (χ1n) is 3.05. The summed E-state index contributed by atoms with van der Waals surface area (Å²) in [5.74, 6) is 0. The van der Waals surface area contributed by atoms with Crippen LogP contribution in [0, 0.1) is 0 Å². The Kier molecular flexibility index (Phi) is 1.73. The number of nitrogens with zero attached hydrogens (tertiary/aromatic N) is 1. The van der Waals surface area contributed by atoms with E-state index in [2.05, 4.69) is 12.2 Å². The molecule has 0 unspecified atom stereocenters. The third-order valence-corrected chi connectivity index (χ3v) is 1.27. The van der Waals surface area contributed by atoms with Crippen LogP contribution in [0.3, 0.4) is 0 Å². The summed E-state index contributed by atoms with van der Waals surface area (Å²) in [5, 5.41) is 4.12. The molecule has 0 spiro atoms. The predicted octanol–water partition coefficient (Wildman–Crippen LogP) is 1.97. The maximum atomic E-state index is 4.12. The normalized spacial score (nSPS) is 17.6. The predicted molar refractivity (Wildman–Crippen MR) is 38.8 cm³/mol. The Morgan fingerprint density at radius 1 is 1.56 bits per heavy atom. The first-order chi connectivity index (χ1) is 4.34. The summed E-state index contributed by atoms with van der Waals surface area (Å²) in [6.45, 7) is 4.05. The van der Waals surface area contributed by atoms with Crippen molar-refractivity contribution in [1.29, 1.82) is 0 Å². The van der Waals surface area contributed by atoms with Crippen molar-refractivity contribution in [2.75, 3.05) is 0 Å². The number of hydrogen-bond acceptors (Lipinski definition) is 0. The third kappa shape index (κ3) is 1.22. The van der Waals surface area contributed by atoms with E-state index < -0.39 is 0 Å². The lowest BCUT2D eigenvalue weighted by molar-refractivity contribution is 1.11. The molecule has 0 saturated heterocycles. The zero-order valence-electron chi connectivity index (χ0n) is 5.76. The van der Waals surface area contributed by atoms with Gasteiger partial charge in [0.1, 0.15) is 0 Å². The number of rotatable bonds is 1. The molecule has 0 aliphatic carbocycles. The molecule has 0 N–H and O–H groups in total. The van der Waals surface area contributed by atoms with Gasteiger partial charge < -0.3 is 0 Å². The second kappa shape index (κ2) is 2.53. The molecule has 1 rings (SSSR count). The van der Waals surface area contributed by atoms with Crippen LogP contribution in [0.5, 0.6) is 0 Å². The Labute approximate surface area is 55.8 Å². The summed E-state index contributed by atoms with van der Waals surface area (Å²) in [7, 11) is 0. The van der Waals surface area contributed by atoms with Crippen LogP contribution in [-0.4, -0.2) is 0 Å². The van der Waals surface area contributed by atoms with E-state index in [9.17, 15) is 0 Å². The van der Waals surface area contributed by atoms with Crippen LogP contribution in [-0.2, 0) is 0 Å². The first kappa shape index (κ1) is 6.14. The monoisotopic (exact) mass is 120 g/mol. The van der Waals surface area contributed by atoms with Gasteiger partial charge in [-0.1, -0.05) is 6.08 Å². The highest BCUT2D eigenvalue weighted by Gasteiger charge is 1.99. The van der Waals surface area contributed by atoms with Crippen LogP contribution in [0.1, 0.15) is 13.8 Å². The van der Waals surface area contributed by atoms with Gasteiger partial charge in [-0.15, -0.1) is 0 Å². The van der Waals surface area contributed by atoms with Gasteiger partial charge in [-0.3, -0.25) is 5.32 Å². The molecular weight excluding hydrogens is 110 g/mol. The summed E-state index contributed by atoms with van der Waals surface area (Å²) < 4.78 is 0. The highest BCUT2D eigenvalue weighted by atomic mass is 14.9. The second-order valence-electron chi connectivity index (χ2n) is 2.01. The van der Waals surface area contributed by atoms with E-state index in [-0.39, 0.29) is 0 Å². The van der Waals surface area contributed by atoms with Gasteiger partial charge in [-0.05, 0) is 31.6 Å². The lowest BCUT2D eigenvalue weighted by atomic mass is 10.2. The molecule has 1 heteroatoms. The van der Waals surface area contributed by atoms with E-state index in [4.69, 9.17) is 0 Å². The molecule has 1 heterocycles. The molecule has 0 aromatic heterocycles. The average Bonchev–Trinajstić information content (AvgIpc) is 2.18. The van der Waals surface area contributed by atoms with Gasteiger partial charge in [-0.25, -0.2) is 0 Å². The summed E-state index contributed by atoms with van der Waals surface area (Å²) >= 11 is 0. The fourth-order valence-corrected chi connectivity index (χ4v) is 0.749. The molecule has 9 heavy (non-hydrogen) atoms. The Balaban J connectivity index is 2.73. The van der Waals surface area contributed by atoms with Gasteiger partial charge >= 0.3 is 0 Å². The van der Waals surface area contributed by atoms with E-state index in [1.807, 2.05) is 31.4 Å². The molecule has 0 fully saturated rings. The quantitative estimate of drug-likeness (QED) is 0.502. The van der Waals surface area contributed by atoms with Gasteiger partial charge in [0.2, 0.25) is 0 Å². The van der Waals surface area contributed by atoms with Gasteiger partial charge in [0.15, 0.2) is 0 Å². The van der Waals surface area contributed by atoms with Crippen molar-refractivity contribution < 1.29 is 0 Å². The largest absolute Gasteiger partial charge is 0.257 e. The topological polar surface area (TPSA) is 14.1 Å². The third-order valence-electron chi connectivity index (χ3n) is 1.27. The van der Waals surface area contributed by atoms with Crippen molar-refractivity contribution in [3.05, 3.63) is 35.7 Å². The molecule has 0 amide bonds. The molecule has 1 aliphatic rings. The fraction of sp³-hybridized carbons (Fsp3) is 0.250. The maximum Gasteiger partial charge on any atom is 0.0656 e. The minimum atomic E-state index is 1.08. The van der Waals surface area contributed by atoms with Crippen molar-refractivity contribution in [3.63, 3.8) is 0 Å². The van der Waals surface area contributed by atoms with Crippen molar-refractivity contribution in [1.82, 2.24) is 5.32 Å². The van der Waals surface area contributed by atoms with Crippen molar-refractivity contribution in [3.8, 4) is 0 Å². The lowest BCUT2D eigenvalue weighted by Gasteiger charge is -1.91. The summed E-state index contributed by atoms with van der Waals surface area (Å²) in [6.07, 6.45) is 7.84. The van der Waals surface area contributed by atoms with E-state index in [0.717, 1.165) is 5.70 Å². The molecule has 0 bridgehead atoms. The van der Waals surface area contributed by atoms with Crippen LogP contribution in [0.2, 0.25) is 0 Å². The van der Waals surface area contributed by atoms with E-state index >= 15 is 0 Å². The van der Waals surface area contributed by atoms with Gasteiger partial charge in [0.25, 0.3) is 0 Å². The molecule has 1 aliphatic heterocycles. The number of allylic oxidation sites excluding steroid dienone is 4. The summed E-state index contributed by atoms with van der Waals surface area (Å²) in [6, 6.07) is 0. The van der Waals surface area contributed by atoms with E-state index in [1.165, 1.54) is 5.57 Å². The first-order valence-corrected chi connectivity index (χ1v) is 3.05. The Morgan fingerprint density at radius 3 is 2.78 bits per heavy atom. The minimum Gasteiger partial charge on any atom is -0.257 e. The van der Waals surface area contributed by atoms with Gasteiger partial charge in [0.05, 0.1) is 5.70 Å². The molecule has 1 nitrogen and oxygen atoms in total. The van der Waals surface area contributed by atoms with Crippen LogP contribution >= 0.6 is 0 Å². The summed E-state index contributed by atoms with van der Waals surface area (Å²) in [4.78, 5) is 0. The van der Waals surface area contributed by atoms with Crippen molar-refractivity contribution in [2.45, 2.75) is 13.8 Å². The molecule has 1 radical (unpaired) electrons. The Bertz CT molecular complexity index is 185. The van der Waals surface area contributed by atoms with Gasteiger partial charge in [0, 0.05) is 6.20 Å². The van der Waals surface area contributed by atoms with Crippen molar-refractivity contribution in [2.24, 2.45) is 0 Å². The zero-order chi connectivity index (χ0) is 6.69. The van der Waals surface area contributed by atoms with E-state index in [0.29, 0.717) is 0 Å². The zero-order valence-corrected chi connectivity index (χ0v) is 5.76. The summed E-state index contributed by atoms with van der Waals surface area (Å²) in [5.41, 5.74) is 2.32. The molecular formula is C8H10N. The van der Waals surface area contributed by atoms with E-state index in [1.54, 1.807) is 0 Å². The molecule has 47 valence electrons. The highest BCUT2D eigenvalue weighted by Crippen LogP contribution is 2.10. The minimum absolute atomic E-state index is 1.08. The van der Waals surface area contributed by atoms with Crippen molar-refractivity contribution >= 4 is 0 Å². The standard InChI is InChI=1S/C8H10N/c1-3-4-8-7(2)5-6-9-8/h3-6H,1-2H3. The molecule has 0 atom stereocenters. The highest BCUT2D eigenvalue weighted by molar-refractivity contribution is 5.35. The number of hydrogen-bond donors (Lipinski definition) is 0. The van der Waals surface area contributed by atoms with Crippen LogP contribution in [0.25, 0.3) is 0 Å². The van der Waals surface area contributed by atoms with Crippen LogP contribution < -0.4 is 5.32 Å². The Morgan fingerprint density at radius 2 is 2.33 bits per heavy atom.